The molecule has 0 radical (unpaired) electrons. The maximum absolute atomic E-state index is 5.09. The van der Waals surface area contributed by atoms with Gasteiger partial charge < -0.3 is 0 Å². The highest BCUT2D eigenvalue weighted by atomic mass is 15.0. The van der Waals surface area contributed by atoms with Crippen molar-refractivity contribution >= 4 is 70.7 Å². The Bertz CT molecular complexity index is 3170. The van der Waals surface area contributed by atoms with Crippen LogP contribution in [0.25, 0.3) is 104 Å². The standard InChI is InChI=1S/C49H30N2/c1-2-12-32(13-3-1)41-29-44-38-17-7-5-15-36(38)42(30-45(44)37-16-6-4-14-35(37)41)33-24-22-31(23-25-33)34-26-27-40-43(28-34)39-18-8-10-20-47(39)51-48-21-11-9-19-46(48)50-49(40)51/h1-30H. The van der Waals surface area contributed by atoms with E-state index in [9.17, 15) is 0 Å². The van der Waals surface area contributed by atoms with Gasteiger partial charge in [-0.2, -0.15) is 0 Å². The largest absolute Gasteiger partial charge is 0.292 e. The van der Waals surface area contributed by atoms with Crippen molar-refractivity contribution in [2.24, 2.45) is 0 Å². The van der Waals surface area contributed by atoms with Gasteiger partial charge in [0.1, 0.15) is 5.65 Å². The molecular weight excluding hydrogens is 617 g/mol. The highest BCUT2D eigenvalue weighted by Crippen LogP contribution is 2.42. The highest BCUT2D eigenvalue weighted by Gasteiger charge is 2.16. The lowest BCUT2D eigenvalue weighted by Crippen LogP contribution is -1.92. The highest BCUT2D eigenvalue weighted by molar-refractivity contribution is 6.24. The van der Waals surface area contributed by atoms with Gasteiger partial charge in [0.2, 0.25) is 0 Å². The average molecular weight is 647 g/mol. The zero-order valence-corrected chi connectivity index (χ0v) is 27.7. The molecule has 2 aromatic heterocycles. The molecule has 0 spiro atoms. The number of pyridine rings is 1. The summed E-state index contributed by atoms with van der Waals surface area (Å²) in [6, 6.07) is 66.3. The lowest BCUT2D eigenvalue weighted by molar-refractivity contribution is 1.31. The van der Waals surface area contributed by atoms with Gasteiger partial charge in [0.25, 0.3) is 0 Å². The molecule has 0 amide bonds. The number of para-hydroxylation sites is 3. The fraction of sp³-hybridized carbons (Fsp3) is 0. The quantitative estimate of drug-likeness (QED) is 0.175. The van der Waals surface area contributed by atoms with Gasteiger partial charge >= 0.3 is 0 Å². The second-order valence-electron chi connectivity index (χ2n) is 13.5. The van der Waals surface area contributed by atoms with E-state index in [1.165, 1.54) is 82.0 Å². The fourth-order valence-corrected chi connectivity index (χ4v) is 8.38. The van der Waals surface area contributed by atoms with Gasteiger partial charge in [-0.25, -0.2) is 4.98 Å². The Morgan fingerprint density at radius 2 is 0.784 bits per heavy atom. The van der Waals surface area contributed by atoms with E-state index in [1.54, 1.807) is 0 Å². The van der Waals surface area contributed by atoms with E-state index in [2.05, 4.69) is 186 Å². The molecule has 0 bridgehead atoms. The molecule has 0 N–H and O–H groups in total. The molecule has 0 unspecified atom stereocenters. The van der Waals surface area contributed by atoms with Gasteiger partial charge in [0, 0.05) is 10.8 Å². The van der Waals surface area contributed by atoms with Crippen molar-refractivity contribution in [1.82, 2.24) is 9.38 Å². The minimum absolute atomic E-state index is 0.999. The molecule has 2 heterocycles. The van der Waals surface area contributed by atoms with Crippen LogP contribution in [0.1, 0.15) is 0 Å². The number of fused-ring (bicyclic) bond motifs is 13. The molecule has 0 fully saturated rings. The first-order chi connectivity index (χ1) is 25.3. The van der Waals surface area contributed by atoms with Crippen LogP contribution in [0.15, 0.2) is 182 Å². The van der Waals surface area contributed by atoms with Crippen LogP contribution in [-0.2, 0) is 0 Å². The molecule has 11 rings (SSSR count). The number of rotatable bonds is 3. The van der Waals surface area contributed by atoms with Crippen LogP contribution >= 0.6 is 0 Å². The molecule has 0 saturated heterocycles. The average Bonchev–Trinajstić information content (AvgIpc) is 3.61. The van der Waals surface area contributed by atoms with E-state index in [4.69, 9.17) is 4.98 Å². The van der Waals surface area contributed by atoms with Crippen LogP contribution in [-0.4, -0.2) is 9.38 Å². The van der Waals surface area contributed by atoms with Gasteiger partial charge in [-0.15, -0.1) is 0 Å². The third-order valence-corrected chi connectivity index (χ3v) is 10.8. The van der Waals surface area contributed by atoms with Crippen LogP contribution in [0.3, 0.4) is 0 Å². The van der Waals surface area contributed by atoms with E-state index < -0.39 is 0 Å². The Balaban J connectivity index is 1.08. The first kappa shape index (κ1) is 28.1. The van der Waals surface area contributed by atoms with Crippen molar-refractivity contribution in [3.8, 4) is 33.4 Å². The van der Waals surface area contributed by atoms with Gasteiger partial charge in [0.15, 0.2) is 0 Å². The Hall–Kier alpha value is -6.77. The molecular formula is C49H30N2. The van der Waals surface area contributed by atoms with Crippen molar-refractivity contribution in [1.29, 1.82) is 0 Å². The number of hydrogen-bond acceptors (Lipinski definition) is 1. The van der Waals surface area contributed by atoms with Crippen molar-refractivity contribution in [3.05, 3.63) is 182 Å². The summed E-state index contributed by atoms with van der Waals surface area (Å²) >= 11 is 0. The fourth-order valence-electron chi connectivity index (χ4n) is 8.38. The van der Waals surface area contributed by atoms with Gasteiger partial charge in [0.05, 0.1) is 16.6 Å². The topological polar surface area (TPSA) is 17.3 Å². The number of benzene rings is 9. The molecule has 0 aliphatic rings. The van der Waals surface area contributed by atoms with E-state index >= 15 is 0 Å². The number of imidazole rings is 1. The zero-order valence-electron chi connectivity index (χ0n) is 27.7. The molecule has 0 saturated carbocycles. The summed E-state index contributed by atoms with van der Waals surface area (Å²) < 4.78 is 2.31. The monoisotopic (exact) mass is 646 g/mol. The van der Waals surface area contributed by atoms with Crippen LogP contribution in [0.2, 0.25) is 0 Å². The zero-order chi connectivity index (χ0) is 33.5. The molecule has 2 heteroatoms. The summed E-state index contributed by atoms with van der Waals surface area (Å²) in [5.74, 6) is 0. The Kier molecular flexibility index (Phi) is 5.99. The maximum atomic E-state index is 5.09. The Morgan fingerprint density at radius 1 is 0.294 bits per heavy atom. The summed E-state index contributed by atoms with van der Waals surface area (Å²) in [4.78, 5) is 5.09. The molecule has 9 aromatic carbocycles. The van der Waals surface area contributed by atoms with Crippen molar-refractivity contribution in [3.63, 3.8) is 0 Å². The molecule has 51 heavy (non-hydrogen) atoms. The maximum Gasteiger partial charge on any atom is 0.146 e. The third kappa shape index (κ3) is 4.20. The van der Waals surface area contributed by atoms with Gasteiger partial charge in [-0.3, -0.25) is 4.40 Å². The number of aromatic nitrogens is 2. The van der Waals surface area contributed by atoms with E-state index in [0.29, 0.717) is 0 Å². The predicted molar refractivity (Wildman–Crippen MR) is 217 cm³/mol. The minimum atomic E-state index is 0.999. The smallest absolute Gasteiger partial charge is 0.146 e. The molecule has 236 valence electrons. The molecule has 0 aliphatic carbocycles. The first-order valence-corrected chi connectivity index (χ1v) is 17.6. The summed E-state index contributed by atoms with van der Waals surface area (Å²) in [6.07, 6.45) is 0. The summed E-state index contributed by atoms with van der Waals surface area (Å²) in [7, 11) is 0. The SMILES string of the molecule is c1ccc(-c2cc3c4ccccc4c(-c4ccc(-c5ccc6c(c5)c5ccccc5n5c7ccccc7nc65)cc4)cc3c3ccccc23)cc1. The van der Waals surface area contributed by atoms with Crippen LogP contribution < -0.4 is 0 Å². The molecule has 0 atom stereocenters. The van der Waals surface area contributed by atoms with Crippen LogP contribution in [0.5, 0.6) is 0 Å². The Morgan fingerprint density at radius 3 is 1.47 bits per heavy atom. The second-order valence-corrected chi connectivity index (χ2v) is 13.5. The lowest BCUT2D eigenvalue weighted by Gasteiger charge is -2.16. The molecule has 0 aliphatic heterocycles. The predicted octanol–water partition coefficient (Wildman–Crippen LogP) is 13.3. The number of hydrogen-bond donors (Lipinski definition) is 0. The van der Waals surface area contributed by atoms with Crippen molar-refractivity contribution < 1.29 is 0 Å². The Labute approximate surface area is 294 Å². The minimum Gasteiger partial charge on any atom is -0.292 e. The lowest BCUT2D eigenvalue weighted by atomic mass is 9.87. The van der Waals surface area contributed by atoms with Crippen molar-refractivity contribution in [2.45, 2.75) is 0 Å². The van der Waals surface area contributed by atoms with E-state index in [0.717, 1.165) is 22.1 Å². The first-order valence-electron chi connectivity index (χ1n) is 17.6. The third-order valence-electron chi connectivity index (χ3n) is 10.8. The van der Waals surface area contributed by atoms with Crippen LogP contribution in [0.4, 0.5) is 0 Å². The van der Waals surface area contributed by atoms with Gasteiger partial charge in [-0.05, 0) is 114 Å². The number of nitrogens with zero attached hydrogens (tertiary/aromatic N) is 2. The molecule has 2 nitrogen and oxygen atoms in total. The van der Waals surface area contributed by atoms with E-state index in [-0.39, 0.29) is 0 Å². The van der Waals surface area contributed by atoms with Gasteiger partial charge in [-0.1, -0.05) is 140 Å². The van der Waals surface area contributed by atoms with Crippen molar-refractivity contribution in [2.75, 3.05) is 0 Å². The summed E-state index contributed by atoms with van der Waals surface area (Å²) in [5.41, 5.74) is 11.7. The summed E-state index contributed by atoms with van der Waals surface area (Å²) in [6.45, 7) is 0. The van der Waals surface area contributed by atoms with E-state index in [1.807, 2.05) is 0 Å². The normalized spacial score (nSPS) is 11.9. The van der Waals surface area contributed by atoms with Crippen LogP contribution in [0, 0.1) is 0 Å². The molecule has 11 aromatic rings. The second kappa shape index (κ2) is 10.9. The summed E-state index contributed by atoms with van der Waals surface area (Å²) in [5, 5.41) is 11.3.